The summed E-state index contributed by atoms with van der Waals surface area (Å²) in [5.74, 6) is 0.766. The summed E-state index contributed by atoms with van der Waals surface area (Å²) in [5, 5.41) is 9.83. The second-order valence-electron chi connectivity index (χ2n) is 4.54. The van der Waals surface area contributed by atoms with Crippen molar-refractivity contribution in [3.63, 3.8) is 0 Å². The van der Waals surface area contributed by atoms with E-state index in [1.54, 1.807) is 0 Å². The quantitative estimate of drug-likeness (QED) is 0.868. The van der Waals surface area contributed by atoms with Crippen LogP contribution in [0.2, 0.25) is 0 Å². The highest BCUT2D eigenvalue weighted by molar-refractivity contribution is 5.93. The van der Waals surface area contributed by atoms with Crippen molar-refractivity contribution in [3.05, 3.63) is 17.0 Å². The first-order valence-electron chi connectivity index (χ1n) is 6.15. The van der Waals surface area contributed by atoms with E-state index in [-0.39, 0.29) is 24.4 Å². The molecule has 6 heteroatoms. The Labute approximate surface area is 113 Å². The number of aromatic nitrogens is 1. The highest BCUT2D eigenvalue weighted by atomic mass is 35.5. The van der Waals surface area contributed by atoms with Gasteiger partial charge in [0.25, 0.3) is 5.91 Å². The number of aryl methyl sites for hydroxylation is 1. The Hall–Kier alpha value is -1.07. The number of likely N-dealkylation sites (N-methyl/N-ethyl adjacent to an activating group) is 1. The Kier molecular flexibility index (Phi) is 5.62. The van der Waals surface area contributed by atoms with Gasteiger partial charge in [0.2, 0.25) is 0 Å². The molecular weight excluding hydrogens is 254 g/mol. The lowest BCUT2D eigenvalue weighted by Gasteiger charge is -2.12. The third kappa shape index (κ3) is 3.23. The molecule has 0 aromatic carbocycles. The zero-order valence-electron chi connectivity index (χ0n) is 10.8. The van der Waals surface area contributed by atoms with Gasteiger partial charge in [0.1, 0.15) is 5.76 Å². The number of carbonyl (C=O) groups excluding carboxylic acids is 1. The number of carbonyl (C=O) groups is 1. The van der Waals surface area contributed by atoms with E-state index in [0.717, 1.165) is 37.0 Å². The van der Waals surface area contributed by atoms with E-state index < -0.39 is 0 Å². The summed E-state index contributed by atoms with van der Waals surface area (Å²) < 4.78 is 5.21. The van der Waals surface area contributed by atoms with Gasteiger partial charge in [-0.1, -0.05) is 5.16 Å². The van der Waals surface area contributed by atoms with Crippen LogP contribution < -0.4 is 10.6 Å². The van der Waals surface area contributed by atoms with Crippen molar-refractivity contribution in [2.75, 3.05) is 13.6 Å². The van der Waals surface area contributed by atoms with Crippen molar-refractivity contribution in [1.82, 2.24) is 15.8 Å². The van der Waals surface area contributed by atoms with E-state index in [4.69, 9.17) is 4.52 Å². The molecule has 0 saturated carbocycles. The summed E-state index contributed by atoms with van der Waals surface area (Å²) in [7, 11) is 1.87. The number of hydrogen-bond donors (Lipinski definition) is 2. The highest BCUT2D eigenvalue weighted by Crippen LogP contribution is 2.23. The number of rotatable bonds is 4. The van der Waals surface area contributed by atoms with Gasteiger partial charge in [0.05, 0.1) is 0 Å². The molecule has 5 nitrogen and oxygen atoms in total. The fourth-order valence-electron chi connectivity index (χ4n) is 1.99. The molecule has 1 aliphatic rings. The van der Waals surface area contributed by atoms with E-state index in [1.165, 1.54) is 0 Å². The minimum atomic E-state index is -0.126. The SMILES string of the molecule is CNC(C)CNC(=O)c1noc2c1CCCC2.Cl. The van der Waals surface area contributed by atoms with Gasteiger partial charge in [-0.25, -0.2) is 0 Å². The maximum Gasteiger partial charge on any atom is 0.273 e. The maximum atomic E-state index is 11.9. The van der Waals surface area contributed by atoms with Gasteiger partial charge in [-0.15, -0.1) is 12.4 Å². The number of nitrogens with zero attached hydrogens (tertiary/aromatic N) is 1. The molecule has 0 aliphatic heterocycles. The Morgan fingerprint density at radius 2 is 2.17 bits per heavy atom. The smallest absolute Gasteiger partial charge is 0.273 e. The minimum absolute atomic E-state index is 0. The molecule has 0 bridgehead atoms. The Morgan fingerprint density at radius 3 is 2.89 bits per heavy atom. The van der Waals surface area contributed by atoms with Gasteiger partial charge < -0.3 is 15.2 Å². The van der Waals surface area contributed by atoms with Gasteiger partial charge in [-0.2, -0.15) is 0 Å². The average molecular weight is 274 g/mol. The molecule has 1 aromatic rings. The second-order valence-corrected chi connectivity index (χ2v) is 4.54. The van der Waals surface area contributed by atoms with Crippen molar-refractivity contribution in [3.8, 4) is 0 Å². The van der Waals surface area contributed by atoms with Gasteiger partial charge >= 0.3 is 0 Å². The van der Waals surface area contributed by atoms with E-state index in [0.29, 0.717) is 12.2 Å². The molecule has 0 fully saturated rings. The van der Waals surface area contributed by atoms with E-state index in [1.807, 2.05) is 14.0 Å². The fourth-order valence-corrected chi connectivity index (χ4v) is 1.99. The van der Waals surface area contributed by atoms with Gasteiger partial charge in [0, 0.05) is 24.6 Å². The van der Waals surface area contributed by atoms with E-state index in [2.05, 4.69) is 15.8 Å². The van der Waals surface area contributed by atoms with Crippen molar-refractivity contribution < 1.29 is 9.32 Å². The third-order valence-corrected chi connectivity index (χ3v) is 3.23. The Morgan fingerprint density at radius 1 is 1.44 bits per heavy atom. The lowest BCUT2D eigenvalue weighted by atomic mass is 9.96. The number of amides is 1. The molecule has 1 atom stereocenters. The number of nitrogens with one attached hydrogen (secondary N) is 2. The van der Waals surface area contributed by atoms with E-state index >= 15 is 0 Å². The summed E-state index contributed by atoms with van der Waals surface area (Å²) in [4.78, 5) is 11.9. The largest absolute Gasteiger partial charge is 0.360 e. The van der Waals surface area contributed by atoms with Crippen LogP contribution >= 0.6 is 12.4 Å². The number of halogens is 1. The first-order chi connectivity index (χ1) is 8.22. The molecule has 1 aromatic heterocycles. The van der Waals surface area contributed by atoms with Crippen LogP contribution in [0.1, 0.15) is 41.6 Å². The van der Waals surface area contributed by atoms with Crippen LogP contribution in [-0.4, -0.2) is 30.7 Å². The fraction of sp³-hybridized carbons (Fsp3) is 0.667. The summed E-state index contributed by atoms with van der Waals surface area (Å²) >= 11 is 0. The van der Waals surface area contributed by atoms with Crippen molar-refractivity contribution in [2.24, 2.45) is 0 Å². The van der Waals surface area contributed by atoms with Crippen LogP contribution in [0.4, 0.5) is 0 Å². The molecule has 2 rings (SSSR count). The normalized spacial score (nSPS) is 15.4. The van der Waals surface area contributed by atoms with Crippen LogP contribution in [0.5, 0.6) is 0 Å². The van der Waals surface area contributed by atoms with Crippen LogP contribution in [0, 0.1) is 0 Å². The average Bonchev–Trinajstić information content (AvgIpc) is 2.79. The minimum Gasteiger partial charge on any atom is -0.360 e. The van der Waals surface area contributed by atoms with Crippen LogP contribution in [0.15, 0.2) is 4.52 Å². The predicted octanol–water partition coefficient (Wildman–Crippen LogP) is 1.31. The van der Waals surface area contributed by atoms with Gasteiger partial charge in [-0.05, 0) is 33.2 Å². The molecule has 0 saturated heterocycles. The molecule has 18 heavy (non-hydrogen) atoms. The standard InChI is InChI=1S/C12H19N3O2.ClH/c1-8(13-2)7-14-12(16)11-9-5-3-4-6-10(9)17-15-11;/h8,13H,3-7H2,1-2H3,(H,14,16);1H. The van der Waals surface area contributed by atoms with Gasteiger partial charge in [0.15, 0.2) is 5.69 Å². The highest BCUT2D eigenvalue weighted by Gasteiger charge is 2.23. The molecule has 1 aliphatic carbocycles. The zero-order chi connectivity index (χ0) is 12.3. The molecule has 1 heterocycles. The molecular formula is C12H20ClN3O2. The zero-order valence-corrected chi connectivity index (χ0v) is 11.6. The third-order valence-electron chi connectivity index (χ3n) is 3.23. The molecule has 1 unspecified atom stereocenters. The summed E-state index contributed by atoms with van der Waals surface area (Å²) in [5.41, 5.74) is 1.48. The molecule has 102 valence electrons. The Balaban J connectivity index is 0.00000162. The maximum absolute atomic E-state index is 11.9. The molecule has 0 radical (unpaired) electrons. The lowest BCUT2D eigenvalue weighted by molar-refractivity contribution is 0.0940. The predicted molar refractivity (Wildman–Crippen MR) is 71.2 cm³/mol. The van der Waals surface area contributed by atoms with Crippen molar-refractivity contribution in [1.29, 1.82) is 0 Å². The second kappa shape index (κ2) is 6.75. The first kappa shape index (κ1) is 15.0. The topological polar surface area (TPSA) is 67.2 Å². The van der Waals surface area contributed by atoms with Crippen molar-refractivity contribution >= 4 is 18.3 Å². The summed E-state index contributed by atoms with van der Waals surface area (Å²) in [6, 6.07) is 0.252. The Bertz CT molecular complexity index is 406. The van der Waals surface area contributed by atoms with Crippen LogP contribution in [0.25, 0.3) is 0 Å². The molecule has 2 N–H and O–H groups in total. The van der Waals surface area contributed by atoms with Crippen LogP contribution in [-0.2, 0) is 12.8 Å². The molecule has 1 amide bonds. The number of fused-ring (bicyclic) bond motifs is 1. The molecule has 0 spiro atoms. The number of hydrogen-bond acceptors (Lipinski definition) is 4. The monoisotopic (exact) mass is 273 g/mol. The van der Waals surface area contributed by atoms with Gasteiger partial charge in [-0.3, -0.25) is 4.79 Å². The van der Waals surface area contributed by atoms with Crippen LogP contribution in [0.3, 0.4) is 0 Å². The van der Waals surface area contributed by atoms with Crippen molar-refractivity contribution in [2.45, 2.75) is 38.6 Å². The van der Waals surface area contributed by atoms with E-state index in [9.17, 15) is 4.79 Å². The summed E-state index contributed by atoms with van der Waals surface area (Å²) in [6.07, 6.45) is 4.05. The first-order valence-corrected chi connectivity index (χ1v) is 6.15. The summed E-state index contributed by atoms with van der Waals surface area (Å²) in [6.45, 7) is 2.61. The lowest BCUT2D eigenvalue weighted by Crippen LogP contribution is -2.37.